The first-order valence-electron chi connectivity index (χ1n) is 6.99. The first kappa shape index (κ1) is 15.9. The van der Waals surface area contributed by atoms with Crippen molar-refractivity contribution in [3.05, 3.63) is 23.3 Å². The van der Waals surface area contributed by atoms with Crippen LogP contribution in [0, 0.1) is 13.8 Å². The SMILES string of the molecule is CCCCC(=O)NC(=S)Nc1nc2c(C)ccc(C)c2s1. The van der Waals surface area contributed by atoms with Crippen molar-refractivity contribution in [3.8, 4) is 0 Å². The van der Waals surface area contributed by atoms with Gasteiger partial charge in [0.15, 0.2) is 10.2 Å². The van der Waals surface area contributed by atoms with Crippen molar-refractivity contribution in [2.45, 2.75) is 40.0 Å². The number of nitrogens with one attached hydrogen (secondary N) is 2. The van der Waals surface area contributed by atoms with Gasteiger partial charge in [-0.2, -0.15) is 0 Å². The van der Waals surface area contributed by atoms with Gasteiger partial charge in [0.1, 0.15) is 0 Å². The summed E-state index contributed by atoms with van der Waals surface area (Å²) in [6.07, 6.45) is 2.36. The quantitative estimate of drug-likeness (QED) is 0.838. The summed E-state index contributed by atoms with van der Waals surface area (Å²) in [5.74, 6) is -0.0529. The Morgan fingerprint density at radius 2 is 2.05 bits per heavy atom. The lowest BCUT2D eigenvalue weighted by molar-refractivity contribution is -0.119. The first-order valence-corrected chi connectivity index (χ1v) is 8.21. The number of thiocarbonyl (C=S) groups is 1. The molecule has 0 saturated heterocycles. The number of carbonyl (C=O) groups excluding carboxylic acids is 1. The third kappa shape index (κ3) is 3.98. The molecule has 0 aliphatic carbocycles. The van der Waals surface area contributed by atoms with E-state index in [1.54, 1.807) is 11.3 Å². The number of amides is 1. The Bertz CT molecular complexity index is 640. The molecule has 2 rings (SSSR count). The summed E-state index contributed by atoms with van der Waals surface area (Å²) in [4.78, 5) is 16.2. The molecule has 0 atom stereocenters. The van der Waals surface area contributed by atoms with Crippen molar-refractivity contribution >= 4 is 49.9 Å². The Morgan fingerprint density at radius 3 is 2.71 bits per heavy atom. The molecular weight excluding hydrogens is 302 g/mol. The van der Waals surface area contributed by atoms with Gasteiger partial charge < -0.3 is 10.6 Å². The number of hydrogen-bond donors (Lipinski definition) is 2. The number of rotatable bonds is 4. The summed E-state index contributed by atoms with van der Waals surface area (Å²) in [6, 6.07) is 4.15. The maximum absolute atomic E-state index is 11.6. The fraction of sp³-hybridized carbons (Fsp3) is 0.400. The van der Waals surface area contributed by atoms with Gasteiger partial charge in [-0.05, 0) is 43.6 Å². The van der Waals surface area contributed by atoms with Crippen LogP contribution in [0.25, 0.3) is 10.2 Å². The standard InChI is InChI=1S/C15H19N3OS2/c1-4-5-6-11(19)16-14(20)18-15-17-12-9(2)7-8-10(3)13(12)21-15/h7-8H,4-6H2,1-3H3,(H2,16,17,18,19,20). The maximum Gasteiger partial charge on any atom is 0.226 e. The minimum atomic E-state index is -0.0529. The molecule has 21 heavy (non-hydrogen) atoms. The molecule has 2 N–H and O–H groups in total. The number of hydrogen-bond acceptors (Lipinski definition) is 4. The van der Waals surface area contributed by atoms with Crippen molar-refractivity contribution in [2.75, 3.05) is 5.32 Å². The average molecular weight is 321 g/mol. The minimum absolute atomic E-state index is 0.0529. The van der Waals surface area contributed by atoms with E-state index in [0.29, 0.717) is 16.7 Å². The maximum atomic E-state index is 11.6. The number of nitrogens with zero attached hydrogens (tertiary/aromatic N) is 1. The van der Waals surface area contributed by atoms with Crippen LogP contribution >= 0.6 is 23.6 Å². The van der Waals surface area contributed by atoms with Crippen molar-refractivity contribution in [2.24, 2.45) is 0 Å². The molecule has 0 radical (unpaired) electrons. The molecular formula is C15H19N3OS2. The van der Waals surface area contributed by atoms with E-state index in [9.17, 15) is 4.79 Å². The van der Waals surface area contributed by atoms with E-state index in [4.69, 9.17) is 12.2 Å². The third-order valence-electron chi connectivity index (χ3n) is 3.17. The van der Waals surface area contributed by atoms with Gasteiger partial charge in [-0.1, -0.05) is 36.8 Å². The lowest BCUT2D eigenvalue weighted by Crippen LogP contribution is -2.33. The summed E-state index contributed by atoms with van der Waals surface area (Å²) in [7, 11) is 0. The highest BCUT2D eigenvalue weighted by molar-refractivity contribution is 7.80. The minimum Gasteiger partial charge on any atom is -0.308 e. The highest BCUT2D eigenvalue weighted by Gasteiger charge is 2.10. The number of aryl methyl sites for hydroxylation is 2. The molecule has 1 heterocycles. The van der Waals surface area contributed by atoms with Gasteiger partial charge in [0.2, 0.25) is 5.91 Å². The van der Waals surface area contributed by atoms with Gasteiger partial charge in [0.25, 0.3) is 0 Å². The van der Waals surface area contributed by atoms with Crippen LogP contribution in [0.5, 0.6) is 0 Å². The fourth-order valence-electron chi connectivity index (χ4n) is 1.97. The monoisotopic (exact) mass is 321 g/mol. The molecule has 1 aromatic carbocycles. The van der Waals surface area contributed by atoms with Crippen molar-refractivity contribution in [1.29, 1.82) is 0 Å². The van der Waals surface area contributed by atoms with Crippen LogP contribution < -0.4 is 10.6 Å². The molecule has 0 fully saturated rings. The van der Waals surface area contributed by atoms with Crippen LogP contribution in [0.1, 0.15) is 37.3 Å². The molecule has 0 unspecified atom stereocenters. The summed E-state index contributed by atoms with van der Waals surface area (Å²) >= 11 is 6.71. The smallest absolute Gasteiger partial charge is 0.226 e. The molecule has 0 aliphatic rings. The largest absolute Gasteiger partial charge is 0.308 e. The molecule has 4 nitrogen and oxygen atoms in total. The first-order chi connectivity index (χ1) is 10.0. The second-order valence-electron chi connectivity index (χ2n) is 5.00. The topological polar surface area (TPSA) is 54.0 Å². The zero-order valence-electron chi connectivity index (χ0n) is 12.4. The molecule has 6 heteroatoms. The van der Waals surface area contributed by atoms with Gasteiger partial charge in [0, 0.05) is 6.42 Å². The Balaban J connectivity index is 2.06. The highest BCUT2D eigenvalue weighted by Crippen LogP contribution is 2.30. The zero-order chi connectivity index (χ0) is 15.4. The van der Waals surface area contributed by atoms with Gasteiger partial charge in [-0.3, -0.25) is 4.79 Å². The predicted molar refractivity (Wildman–Crippen MR) is 93.0 cm³/mol. The molecule has 0 aliphatic heterocycles. The predicted octanol–water partition coefficient (Wildman–Crippen LogP) is 3.92. The van der Waals surface area contributed by atoms with Crippen molar-refractivity contribution in [3.63, 3.8) is 0 Å². The average Bonchev–Trinajstić information content (AvgIpc) is 2.85. The summed E-state index contributed by atoms with van der Waals surface area (Å²) < 4.78 is 1.15. The Kier molecular flexibility index (Phi) is 5.25. The second kappa shape index (κ2) is 6.95. The van der Waals surface area contributed by atoms with Crippen LogP contribution in [0.4, 0.5) is 5.13 Å². The van der Waals surface area contributed by atoms with Crippen LogP contribution in [0.2, 0.25) is 0 Å². The zero-order valence-corrected chi connectivity index (χ0v) is 14.1. The molecule has 0 saturated carbocycles. The fourth-order valence-corrected chi connectivity index (χ4v) is 3.26. The van der Waals surface area contributed by atoms with Gasteiger partial charge in [0.05, 0.1) is 10.2 Å². The molecule has 0 bridgehead atoms. The van der Waals surface area contributed by atoms with Crippen LogP contribution in [0.3, 0.4) is 0 Å². The van der Waals surface area contributed by atoms with Crippen LogP contribution in [-0.2, 0) is 4.79 Å². The molecule has 1 aromatic heterocycles. The normalized spacial score (nSPS) is 10.6. The van der Waals surface area contributed by atoms with E-state index >= 15 is 0 Å². The van der Waals surface area contributed by atoms with Gasteiger partial charge in [-0.25, -0.2) is 4.98 Å². The van der Waals surface area contributed by atoms with E-state index in [1.165, 1.54) is 5.56 Å². The molecule has 0 spiro atoms. The van der Waals surface area contributed by atoms with Gasteiger partial charge in [-0.15, -0.1) is 0 Å². The number of fused-ring (bicyclic) bond motifs is 1. The summed E-state index contributed by atoms with van der Waals surface area (Å²) in [5, 5.41) is 6.71. The summed E-state index contributed by atoms with van der Waals surface area (Å²) in [5.41, 5.74) is 3.32. The Labute approximate surface area is 134 Å². The van der Waals surface area contributed by atoms with Crippen molar-refractivity contribution < 1.29 is 4.79 Å². The van der Waals surface area contributed by atoms with E-state index in [1.807, 2.05) is 6.92 Å². The molecule has 112 valence electrons. The third-order valence-corrected chi connectivity index (χ3v) is 4.48. The molecule has 1 amide bonds. The van der Waals surface area contributed by atoms with E-state index in [0.717, 1.165) is 28.6 Å². The van der Waals surface area contributed by atoms with Crippen molar-refractivity contribution in [1.82, 2.24) is 10.3 Å². The number of aromatic nitrogens is 1. The number of carbonyl (C=O) groups is 1. The van der Waals surface area contributed by atoms with Gasteiger partial charge >= 0.3 is 0 Å². The summed E-state index contributed by atoms with van der Waals surface area (Å²) in [6.45, 7) is 6.15. The number of benzene rings is 1. The lowest BCUT2D eigenvalue weighted by Gasteiger charge is -2.06. The number of thiazole rings is 1. The Hall–Kier alpha value is -1.53. The van der Waals surface area contributed by atoms with E-state index in [2.05, 4.69) is 41.6 Å². The molecule has 2 aromatic rings. The lowest BCUT2D eigenvalue weighted by atomic mass is 10.1. The van der Waals surface area contributed by atoms with E-state index < -0.39 is 0 Å². The highest BCUT2D eigenvalue weighted by atomic mass is 32.1. The Morgan fingerprint density at radius 1 is 1.33 bits per heavy atom. The van der Waals surface area contributed by atoms with Crippen LogP contribution in [0.15, 0.2) is 12.1 Å². The number of unbranched alkanes of at least 4 members (excludes halogenated alkanes) is 1. The van der Waals surface area contributed by atoms with E-state index in [-0.39, 0.29) is 5.91 Å². The van der Waals surface area contributed by atoms with Crippen LogP contribution in [-0.4, -0.2) is 16.0 Å². The number of anilines is 1. The second-order valence-corrected chi connectivity index (χ2v) is 6.41.